The van der Waals surface area contributed by atoms with Crippen LogP contribution < -0.4 is 30.8 Å². The molecule has 5 rings (SSSR count). The number of nitrogens with zero attached hydrogens (tertiary/aromatic N) is 4. The third-order valence-electron chi connectivity index (χ3n) is 7.68. The fraction of sp³-hybridized carbons (Fsp3) is 0.371. The monoisotopic (exact) mass is 871 g/mol. The van der Waals surface area contributed by atoms with Crippen LogP contribution >= 0.6 is 34.7 Å². The zero-order chi connectivity index (χ0) is 42.9. The van der Waals surface area contributed by atoms with Crippen LogP contribution in [0.2, 0.25) is 4.34 Å². The summed E-state index contributed by atoms with van der Waals surface area (Å²) in [6, 6.07) is 9.74. The third-order valence-corrected chi connectivity index (χ3v) is 10.1. The van der Waals surface area contributed by atoms with Gasteiger partial charge in [0.05, 0.1) is 7.11 Å². The number of anilines is 1. The van der Waals surface area contributed by atoms with E-state index in [4.69, 9.17) is 46.3 Å². The molecule has 1 aromatic carbocycles. The van der Waals surface area contributed by atoms with Gasteiger partial charge in [-0.2, -0.15) is 13.2 Å². The number of carboxylic acids is 1. The molecule has 4 heterocycles. The molecule has 1 fully saturated rings. The predicted molar refractivity (Wildman–Crippen MR) is 201 cm³/mol. The number of esters is 1. The number of hydrogen-bond donors (Lipinski definition) is 3. The molecule has 2 aliphatic rings. The van der Waals surface area contributed by atoms with Crippen LogP contribution in [0.4, 0.5) is 23.1 Å². The highest BCUT2D eigenvalue weighted by molar-refractivity contribution is 8.00. The number of nitrogens with two attached hydrogens (primary N) is 1. The lowest BCUT2D eigenvalue weighted by Gasteiger charge is -2.49. The summed E-state index contributed by atoms with van der Waals surface area (Å²) in [6.07, 6.45) is -2.10. The van der Waals surface area contributed by atoms with Crippen LogP contribution in [0.25, 0.3) is 0 Å². The van der Waals surface area contributed by atoms with Crippen molar-refractivity contribution < 1.29 is 65.9 Å². The third kappa shape index (κ3) is 12.0. The number of alkyl halides is 3. The van der Waals surface area contributed by atoms with Crippen molar-refractivity contribution in [3.05, 3.63) is 81.2 Å². The summed E-state index contributed by atoms with van der Waals surface area (Å²) in [5, 5.41) is 17.5. The number of amides is 3. The molecule has 17 nitrogen and oxygen atoms in total. The number of thiazole rings is 1. The number of β-lactam (4-membered cyclic amide) rings is 1. The van der Waals surface area contributed by atoms with Gasteiger partial charge < -0.3 is 45.3 Å². The van der Waals surface area contributed by atoms with E-state index in [1.807, 2.05) is 29.1 Å². The van der Waals surface area contributed by atoms with Crippen LogP contribution in [0.15, 0.2) is 65.2 Å². The van der Waals surface area contributed by atoms with Gasteiger partial charge in [0, 0.05) is 30.0 Å². The van der Waals surface area contributed by atoms with Crippen molar-refractivity contribution in [2.75, 3.05) is 25.7 Å². The molecule has 312 valence electrons. The summed E-state index contributed by atoms with van der Waals surface area (Å²) in [5.41, 5.74) is 7.21. The predicted octanol–water partition coefficient (Wildman–Crippen LogP) is 2.45. The molecule has 0 bridgehead atoms. The number of aliphatic carboxylic acids is 1. The highest BCUT2D eigenvalue weighted by Gasteiger charge is 2.55. The van der Waals surface area contributed by atoms with Gasteiger partial charge in [-0.3, -0.25) is 14.5 Å². The Bertz CT molecular complexity index is 2080. The number of carbonyl (C=O) groups excluding carboxylic acids is 5. The maximum Gasteiger partial charge on any atom is 0.430 e. The molecule has 2 aromatic heterocycles. The van der Waals surface area contributed by atoms with Crippen LogP contribution in [-0.2, 0) is 53.2 Å². The molecule has 58 heavy (non-hydrogen) atoms. The van der Waals surface area contributed by atoms with E-state index in [0.717, 1.165) is 22.5 Å². The van der Waals surface area contributed by atoms with Crippen molar-refractivity contribution in [1.82, 2.24) is 20.5 Å². The number of oxime groups is 1. The smallest absolute Gasteiger partial charge is 0.430 e. The topological polar surface area (TPSA) is 228 Å². The molecule has 0 unspecified atom stereocenters. The van der Waals surface area contributed by atoms with Crippen molar-refractivity contribution in [2.45, 2.75) is 63.7 Å². The molecule has 0 aliphatic carbocycles. The molecule has 23 heteroatoms. The number of carboxylic acid groups (broad SMARTS) is 1. The highest BCUT2D eigenvalue weighted by atomic mass is 35.5. The second-order valence-corrected chi connectivity index (χ2v) is 15.8. The standard InChI is InChI=1S/C33H36ClN7O8S2.C2HF3O2/c1-33(2,3)49-32(45)36-14-18-10-12-40(13-11-18)15-20-17-50-29-24(37-27(42)23(39-47-5)22-26(34)51-31(35)38-22)28(43)41(29)25(20)30(44)48-16-19-6-8-21(46-4)9-7-19;3-2(4,5)1(6)7/h6-13,24,29H,14-17H2,1-5H3,(H3-,35,36,37,38,42,45);(H,6,7)/b39-23-;/t24-,29-;/m1./s1. The van der Waals surface area contributed by atoms with E-state index in [9.17, 15) is 32.3 Å². The highest BCUT2D eigenvalue weighted by Crippen LogP contribution is 2.41. The molecule has 2 aliphatic heterocycles. The first kappa shape index (κ1) is 45.1. The number of thioether (sulfide) groups is 1. The molecule has 0 saturated carbocycles. The lowest BCUT2D eigenvalue weighted by Crippen LogP contribution is -2.71. The van der Waals surface area contributed by atoms with Crippen LogP contribution in [0.1, 0.15) is 37.6 Å². The van der Waals surface area contributed by atoms with Gasteiger partial charge in [-0.25, -0.2) is 19.1 Å². The molecule has 1 saturated heterocycles. The first-order valence-electron chi connectivity index (χ1n) is 16.8. The number of halogens is 4. The lowest BCUT2D eigenvalue weighted by atomic mass is 10.0. The molecular weight excluding hydrogens is 835 g/mol. The van der Waals surface area contributed by atoms with Gasteiger partial charge >= 0.3 is 18.2 Å². The van der Waals surface area contributed by atoms with Crippen molar-refractivity contribution in [1.29, 1.82) is 0 Å². The number of ether oxygens (including phenoxy) is 3. The Morgan fingerprint density at radius 1 is 1.09 bits per heavy atom. The molecule has 0 radical (unpaired) electrons. The number of pyridine rings is 1. The summed E-state index contributed by atoms with van der Waals surface area (Å²) >= 11 is 8.57. The number of fused-ring (bicyclic) bond motifs is 1. The van der Waals surface area contributed by atoms with E-state index in [1.54, 1.807) is 52.1 Å². The number of hydrogen-bond acceptors (Lipinski definition) is 15. The van der Waals surface area contributed by atoms with Crippen LogP contribution in [0, 0.1) is 0 Å². The normalized spacial score (nSPS) is 16.5. The number of nitrogens with one attached hydrogen (secondary N) is 2. The molecule has 2 atom stereocenters. The van der Waals surface area contributed by atoms with E-state index in [2.05, 4.69) is 20.8 Å². The second kappa shape index (κ2) is 19.2. The zero-order valence-corrected chi connectivity index (χ0v) is 33.8. The van der Waals surface area contributed by atoms with Gasteiger partial charge in [0.1, 0.15) is 58.2 Å². The minimum atomic E-state index is -5.19. The molecule has 3 aromatic rings. The van der Waals surface area contributed by atoms with Crippen molar-refractivity contribution in [3.63, 3.8) is 0 Å². The summed E-state index contributed by atoms with van der Waals surface area (Å²) in [4.78, 5) is 71.9. The van der Waals surface area contributed by atoms with Gasteiger partial charge in [-0.15, -0.1) is 11.8 Å². The Balaban J connectivity index is 0.000000973. The summed E-state index contributed by atoms with van der Waals surface area (Å²) in [7, 11) is 2.81. The Labute approximate surface area is 342 Å². The fourth-order valence-corrected chi connectivity index (χ4v) is 7.37. The van der Waals surface area contributed by atoms with E-state index < -0.39 is 53.0 Å². The first-order valence-corrected chi connectivity index (χ1v) is 19.0. The number of benzene rings is 1. The van der Waals surface area contributed by atoms with Crippen molar-refractivity contribution >= 4 is 75.4 Å². The lowest BCUT2D eigenvalue weighted by molar-refractivity contribution is -0.689. The maximum atomic E-state index is 13.8. The SMILES string of the molecule is CO/N=C(\C(=O)N[C@@H]1C(=O)N2C(C(=O)OCc3ccc(OC)cc3)=C(C[n+]3ccc(CNC(=O)OC(C)(C)C)cc3)CS[C@H]12)c1nc(N)sc1Cl.O=C([O-])C(F)(F)F. The second-order valence-electron chi connectivity index (χ2n) is 13.1. The molecule has 3 amide bonds. The molecule has 0 spiro atoms. The maximum absolute atomic E-state index is 13.8. The summed E-state index contributed by atoms with van der Waals surface area (Å²) in [6.45, 7) is 5.85. The number of nitrogen functional groups attached to an aromatic ring is 1. The van der Waals surface area contributed by atoms with Crippen LogP contribution in [0.5, 0.6) is 5.75 Å². The summed E-state index contributed by atoms with van der Waals surface area (Å²) < 4.78 is 49.7. The average molecular weight is 872 g/mol. The number of aromatic nitrogens is 2. The van der Waals surface area contributed by atoms with Gasteiger partial charge in [-0.05, 0) is 44.0 Å². The van der Waals surface area contributed by atoms with Crippen LogP contribution in [-0.4, -0.2) is 88.6 Å². The minimum absolute atomic E-state index is 0.0205. The van der Waals surface area contributed by atoms with E-state index in [-0.39, 0.29) is 46.3 Å². The Hall–Kier alpha value is -5.61. The fourth-order valence-electron chi connectivity index (χ4n) is 5.11. The van der Waals surface area contributed by atoms with Gasteiger partial charge in [0.2, 0.25) is 0 Å². The number of alkyl carbamates (subject to hydrolysis) is 1. The van der Waals surface area contributed by atoms with E-state index >= 15 is 0 Å². The zero-order valence-electron chi connectivity index (χ0n) is 31.4. The van der Waals surface area contributed by atoms with Crippen molar-refractivity contribution in [2.24, 2.45) is 5.16 Å². The molecular formula is C35H37ClF3N7O10S2. The van der Waals surface area contributed by atoms with Crippen LogP contribution in [0.3, 0.4) is 0 Å². The van der Waals surface area contributed by atoms with Gasteiger partial charge in [0.15, 0.2) is 29.8 Å². The first-order chi connectivity index (χ1) is 27.2. The Morgan fingerprint density at radius 3 is 2.26 bits per heavy atom. The number of carbonyl (C=O) groups is 5. The van der Waals surface area contributed by atoms with Gasteiger partial charge in [0.25, 0.3) is 11.8 Å². The average Bonchev–Trinajstić information content (AvgIpc) is 3.50. The van der Waals surface area contributed by atoms with Crippen molar-refractivity contribution in [3.8, 4) is 5.75 Å². The largest absolute Gasteiger partial charge is 0.542 e. The van der Waals surface area contributed by atoms with E-state index in [0.29, 0.717) is 17.1 Å². The number of methoxy groups -OCH3 is 1. The Morgan fingerprint density at radius 2 is 1.72 bits per heavy atom. The Kier molecular flexibility index (Phi) is 14.9. The van der Waals surface area contributed by atoms with Gasteiger partial charge in [-0.1, -0.05) is 40.2 Å². The quantitative estimate of drug-likeness (QED) is 0.0783. The molecule has 4 N–H and O–H groups in total. The summed E-state index contributed by atoms with van der Waals surface area (Å²) in [5.74, 6) is -3.94. The minimum Gasteiger partial charge on any atom is -0.542 e. The van der Waals surface area contributed by atoms with E-state index in [1.165, 1.54) is 23.8 Å². The number of rotatable bonds is 12.